The monoisotopic (exact) mass is 462 g/mol. The lowest BCUT2D eigenvalue weighted by Gasteiger charge is -2.27. The van der Waals surface area contributed by atoms with E-state index in [0.717, 1.165) is 12.1 Å². The summed E-state index contributed by atoms with van der Waals surface area (Å²) in [6.45, 7) is 0. The molecule has 1 heterocycles. The van der Waals surface area contributed by atoms with Crippen molar-refractivity contribution in [3.63, 3.8) is 0 Å². The summed E-state index contributed by atoms with van der Waals surface area (Å²) in [4.78, 5) is 37.5. The molecule has 0 atom stereocenters. The van der Waals surface area contributed by atoms with Crippen molar-refractivity contribution in [1.29, 1.82) is 0 Å². The summed E-state index contributed by atoms with van der Waals surface area (Å²) >= 11 is 17.7. The quantitative estimate of drug-likeness (QED) is 0.483. The molecule has 2 aromatic carbocycles. The molecule has 0 aromatic heterocycles. The van der Waals surface area contributed by atoms with Gasteiger partial charge in [0.1, 0.15) is 5.57 Å². The molecule has 1 saturated heterocycles. The third-order valence-corrected chi connectivity index (χ3v) is 4.76. The molecular formula is C18H8Cl3F3N2O3. The normalized spacial score (nSPS) is 16.4. The van der Waals surface area contributed by atoms with E-state index in [-0.39, 0.29) is 15.6 Å². The van der Waals surface area contributed by atoms with Crippen LogP contribution in [0.2, 0.25) is 15.1 Å². The zero-order valence-electron chi connectivity index (χ0n) is 14.0. The fourth-order valence-electron chi connectivity index (χ4n) is 2.51. The lowest BCUT2D eigenvalue weighted by Crippen LogP contribution is -2.54. The SMILES string of the molecule is O=C1NC(=O)N(c2cc(C(F)(F)F)ccc2Cl)C(=O)/C1=C/c1ccc(Cl)cc1Cl. The summed E-state index contributed by atoms with van der Waals surface area (Å²) in [6, 6.07) is 5.16. The van der Waals surface area contributed by atoms with Crippen LogP contribution < -0.4 is 10.2 Å². The van der Waals surface area contributed by atoms with E-state index in [1.165, 1.54) is 18.2 Å². The molecule has 5 nitrogen and oxygen atoms in total. The van der Waals surface area contributed by atoms with Crippen LogP contribution in [0.15, 0.2) is 42.0 Å². The van der Waals surface area contributed by atoms with Gasteiger partial charge < -0.3 is 0 Å². The van der Waals surface area contributed by atoms with Crippen LogP contribution in [0.3, 0.4) is 0 Å². The number of imide groups is 2. The maximum Gasteiger partial charge on any atom is 0.416 e. The highest BCUT2D eigenvalue weighted by atomic mass is 35.5. The highest BCUT2D eigenvalue weighted by Gasteiger charge is 2.39. The summed E-state index contributed by atoms with van der Waals surface area (Å²) in [5.74, 6) is -2.20. The maximum atomic E-state index is 13.0. The molecule has 0 aliphatic carbocycles. The van der Waals surface area contributed by atoms with Gasteiger partial charge in [0.2, 0.25) is 0 Å². The van der Waals surface area contributed by atoms with Crippen molar-refractivity contribution in [2.75, 3.05) is 4.90 Å². The third-order valence-electron chi connectivity index (χ3n) is 3.88. The van der Waals surface area contributed by atoms with Crippen molar-refractivity contribution >= 4 is 64.4 Å². The fourth-order valence-corrected chi connectivity index (χ4v) is 3.18. The number of nitrogens with one attached hydrogen (secondary N) is 1. The Labute approximate surface area is 176 Å². The first-order chi connectivity index (χ1) is 13.5. The zero-order chi connectivity index (χ0) is 21.5. The average Bonchev–Trinajstić information content (AvgIpc) is 2.60. The number of hydrogen-bond acceptors (Lipinski definition) is 3. The van der Waals surface area contributed by atoms with E-state index in [0.29, 0.717) is 22.1 Å². The number of halogens is 6. The largest absolute Gasteiger partial charge is 0.416 e. The number of carbonyl (C=O) groups excluding carboxylic acids is 3. The molecule has 4 amide bonds. The Kier molecular flexibility index (Phi) is 5.62. The van der Waals surface area contributed by atoms with Crippen LogP contribution in [0.4, 0.5) is 23.7 Å². The number of nitrogens with zero attached hydrogens (tertiary/aromatic N) is 1. The molecule has 11 heteroatoms. The molecule has 3 rings (SSSR count). The van der Waals surface area contributed by atoms with E-state index in [4.69, 9.17) is 34.8 Å². The molecule has 0 spiro atoms. The second-order valence-electron chi connectivity index (χ2n) is 5.79. The Bertz CT molecular complexity index is 1080. The van der Waals surface area contributed by atoms with Gasteiger partial charge in [-0.2, -0.15) is 13.2 Å². The number of amides is 4. The van der Waals surface area contributed by atoms with E-state index in [1.54, 1.807) is 0 Å². The Morgan fingerprint density at radius 2 is 1.62 bits per heavy atom. The minimum atomic E-state index is -4.74. The lowest BCUT2D eigenvalue weighted by molar-refractivity contribution is -0.137. The number of carbonyl (C=O) groups is 3. The maximum absolute atomic E-state index is 13.0. The average molecular weight is 464 g/mol. The van der Waals surface area contributed by atoms with E-state index in [1.807, 2.05) is 5.32 Å². The van der Waals surface area contributed by atoms with Crippen molar-refractivity contribution < 1.29 is 27.6 Å². The molecule has 29 heavy (non-hydrogen) atoms. The molecule has 1 aliphatic rings. The molecule has 1 N–H and O–H groups in total. The zero-order valence-corrected chi connectivity index (χ0v) is 16.2. The van der Waals surface area contributed by atoms with Gasteiger partial charge in [-0.1, -0.05) is 40.9 Å². The van der Waals surface area contributed by atoms with Crippen LogP contribution in [0.5, 0.6) is 0 Å². The summed E-state index contributed by atoms with van der Waals surface area (Å²) in [6.07, 6.45) is -3.64. The van der Waals surface area contributed by atoms with Crippen molar-refractivity contribution in [3.8, 4) is 0 Å². The summed E-state index contributed by atoms with van der Waals surface area (Å²) in [5, 5.41) is 2.03. The Morgan fingerprint density at radius 3 is 2.24 bits per heavy atom. The van der Waals surface area contributed by atoms with Crippen LogP contribution >= 0.6 is 34.8 Å². The minimum Gasteiger partial charge on any atom is -0.273 e. The van der Waals surface area contributed by atoms with Crippen LogP contribution in [0, 0.1) is 0 Å². The Hall–Kier alpha value is -2.55. The summed E-state index contributed by atoms with van der Waals surface area (Å²) < 4.78 is 39.1. The van der Waals surface area contributed by atoms with Crippen LogP contribution in [0.25, 0.3) is 6.08 Å². The van der Waals surface area contributed by atoms with Crippen molar-refractivity contribution in [2.45, 2.75) is 6.18 Å². The lowest BCUT2D eigenvalue weighted by atomic mass is 10.1. The number of hydrogen-bond donors (Lipinski definition) is 1. The number of urea groups is 1. The number of anilines is 1. The van der Waals surface area contributed by atoms with Gasteiger partial charge in [-0.25, -0.2) is 9.69 Å². The smallest absolute Gasteiger partial charge is 0.273 e. The predicted octanol–water partition coefficient (Wildman–Crippen LogP) is 5.33. The Balaban J connectivity index is 2.10. The van der Waals surface area contributed by atoms with Gasteiger partial charge in [0, 0.05) is 10.0 Å². The van der Waals surface area contributed by atoms with Crippen molar-refractivity contribution in [1.82, 2.24) is 5.32 Å². The first-order valence-electron chi connectivity index (χ1n) is 7.72. The van der Waals surface area contributed by atoms with Crippen molar-refractivity contribution in [2.24, 2.45) is 0 Å². The van der Waals surface area contributed by atoms with Gasteiger partial charge in [-0.3, -0.25) is 14.9 Å². The highest BCUT2D eigenvalue weighted by molar-refractivity contribution is 6.42. The molecule has 150 valence electrons. The molecule has 0 unspecified atom stereocenters. The first-order valence-corrected chi connectivity index (χ1v) is 8.85. The van der Waals surface area contributed by atoms with E-state index < -0.39 is 40.8 Å². The highest BCUT2D eigenvalue weighted by Crippen LogP contribution is 2.36. The van der Waals surface area contributed by atoms with Gasteiger partial charge >= 0.3 is 12.2 Å². The minimum absolute atomic E-state index is 0.117. The third kappa shape index (κ3) is 4.24. The predicted molar refractivity (Wildman–Crippen MR) is 102 cm³/mol. The van der Waals surface area contributed by atoms with Gasteiger partial charge in [-0.15, -0.1) is 0 Å². The number of alkyl halides is 3. The molecule has 1 aliphatic heterocycles. The van der Waals surface area contributed by atoms with Crippen molar-refractivity contribution in [3.05, 3.63) is 68.2 Å². The van der Waals surface area contributed by atoms with Crippen LogP contribution in [-0.4, -0.2) is 17.8 Å². The van der Waals surface area contributed by atoms with Gasteiger partial charge in [-0.05, 0) is 42.0 Å². The first kappa shape index (κ1) is 21.2. The number of barbiturate groups is 1. The summed E-state index contributed by atoms with van der Waals surface area (Å²) in [7, 11) is 0. The molecular weight excluding hydrogens is 456 g/mol. The Morgan fingerprint density at radius 1 is 0.931 bits per heavy atom. The van der Waals surface area contributed by atoms with Crippen LogP contribution in [-0.2, 0) is 15.8 Å². The van der Waals surface area contributed by atoms with E-state index in [2.05, 4.69) is 0 Å². The van der Waals surface area contributed by atoms with Gasteiger partial charge in [0.05, 0.1) is 16.3 Å². The van der Waals surface area contributed by atoms with Gasteiger partial charge in [0.15, 0.2) is 0 Å². The van der Waals surface area contributed by atoms with Crippen LogP contribution in [0.1, 0.15) is 11.1 Å². The molecule has 0 bridgehead atoms. The second kappa shape index (κ2) is 7.70. The molecule has 1 fully saturated rings. The molecule has 0 radical (unpaired) electrons. The standard InChI is InChI=1S/C18H8Cl3F3N2O3/c19-10-3-1-8(13(21)7-10)5-11-15(27)25-17(29)26(16(11)28)14-6-9(18(22,23)24)2-4-12(14)20/h1-7H,(H,25,27,29)/b11-5+. The van der Waals surface area contributed by atoms with Gasteiger partial charge in [0.25, 0.3) is 11.8 Å². The number of benzene rings is 2. The fraction of sp³-hybridized carbons (Fsp3) is 0.0556. The summed E-state index contributed by atoms with van der Waals surface area (Å²) in [5.41, 5.74) is -1.94. The second-order valence-corrected chi connectivity index (χ2v) is 7.04. The molecule has 2 aromatic rings. The van der Waals surface area contributed by atoms with E-state index in [9.17, 15) is 27.6 Å². The number of rotatable bonds is 2. The topological polar surface area (TPSA) is 66.5 Å². The van der Waals surface area contributed by atoms with E-state index >= 15 is 0 Å². The molecule has 0 saturated carbocycles.